The van der Waals surface area contributed by atoms with Crippen molar-refractivity contribution in [1.29, 1.82) is 0 Å². The van der Waals surface area contributed by atoms with Gasteiger partial charge in [-0.25, -0.2) is 0 Å². The van der Waals surface area contributed by atoms with Crippen molar-refractivity contribution >= 4 is 5.97 Å². The summed E-state index contributed by atoms with van der Waals surface area (Å²) in [5.41, 5.74) is -0.321. The van der Waals surface area contributed by atoms with Gasteiger partial charge in [-0.3, -0.25) is 4.79 Å². The quantitative estimate of drug-likeness (QED) is 0.255. The number of aliphatic hydroxyl groups is 4. The fourth-order valence-corrected chi connectivity index (χ4v) is 9.58. The molecule has 0 aromatic carbocycles. The average molecular weight is 523 g/mol. The molecule has 4 aliphatic rings. The Morgan fingerprint density at radius 1 is 0.946 bits per heavy atom. The van der Waals surface area contributed by atoms with Crippen molar-refractivity contribution in [2.24, 2.45) is 46.3 Å². The molecule has 4 N–H and O–H groups in total. The average Bonchev–Trinajstić information content (AvgIpc) is 3.16. The summed E-state index contributed by atoms with van der Waals surface area (Å²) in [7, 11) is 0. The van der Waals surface area contributed by atoms with Gasteiger partial charge < -0.3 is 25.2 Å². The number of fused-ring (bicyclic) bond motifs is 5. The first-order chi connectivity index (χ1) is 17.4. The van der Waals surface area contributed by atoms with E-state index in [0.29, 0.717) is 31.1 Å². The second-order valence-corrected chi connectivity index (χ2v) is 14.0. The zero-order valence-corrected chi connectivity index (χ0v) is 23.9. The van der Waals surface area contributed by atoms with Crippen molar-refractivity contribution < 1.29 is 30.0 Å². The Kier molecular flexibility index (Phi) is 9.05. The Balaban J connectivity index is 1.48. The Hall–Kier alpha value is -0.690. The van der Waals surface area contributed by atoms with Gasteiger partial charge in [-0.15, -0.1) is 0 Å². The van der Waals surface area contributed by atoms with Gasteiger partial charge in [0.05, 0.1) is 24.4 Å². The summed E-state index contributed by atoms with van der Waals surface area (Å²) in [5, 5.41) is 43.3. The van der Waals surface area contributed by atoms with E-state index in [4.69, 9.17) is 4.74 Å². The molecule has 0 bridgehead atoms. The van der Waals surface area contributed by atoms with E-state index in [1.165, 1.54) is 19.3 Å². The fourth-order valence-electron chi connectivity index (χ4n) is 9.58. The topological polar surface area (TPSA) is 107 Å². The smallest absolute Gasteiger partial charge is 0.306 e. The number of hydrogen-bond acceptors (Lipinski definition) is 6. The Labute approximate surface area is 224 Å². The number of hydrogen-bond donors (Lipinski definition) is 4. The lowest BCUT2D eigenvalue weighted by Crippen LogP contribution is -2.55. The largest absolute Gasteiger partial charge is 0.462 e. The predicted molar refractivity (Wildman–Crippen MR) is 143 cm³/mol. The molecule has 3 saturated carbocycles. The van der Waals surface area contributed by atoms with Gasteiger partial charge >= 0.3 is 5.97 Å². The van der Waals surface area contributed by atoms with Crippen LogP contribution in [0, 0.1) is 46.3 Å². The minimum absolute atomic E-state index is 0.00708. The lowest BCUT2D eigenvalue weighted by molar-refractivity contribution is -0.175. The highest BCUT2D eigenvalue weighted by Gasteiger charge is 2.62. The number of carbonyl (C=O) groups excluding carboxylic acids is 1. The van der Waals surface area contributed by atoms with Gasteiger partial charge in [0.1, 0.15) is 6.10 Å². The summed E-state index contributed by atoms with van der Waals surface area (Å²) >= 11 is 0. The molecule has 37 heavy (non-hydrogen) atoms. The van der Waals surface area contributed by atoms with E-state index >= 15 is 0 Å². The number of rotatable bonds is 9. The fraction of sp³-hybridized carbons (Fsp3) is 0.968. The molecule has 214 valence electrons. The lowest BCUT2D eigenvalue weighted by Gasteiger charge is -2.56. The van der Waals surface area contributed by atoms with Gasteiger partial charge in [-0.1, -0.05) is 60.3 Å². The first-order valence-electron chi connectivity index (χ1n) is 15.4. The lowest BCUT2D eigenvalue weighted by atomic mass is 9.49. The van der Waals surface area contributed by atoms with Crippen molar-refractivity contribution in [3.8, 4) is 0 Å². The molecular weight excluding hydrogens is 468 g/mol. The highest BCUT2D eigenvalue weighted by atomic mass is 16.5. The molecule has 6 nitrogen and oxygen atoms in total. The zero-order valence-electron chi connectivity index (χ0n) is 23.9. The van der Waals surface area contributed by atoms with Gasteiger partial charge in [0.15, 0.2) is 0 Å². The molecule has 0 radical (unpaired) electrons. The van der Waals surface area contributed by atoms with Crippen molar-refractivity contribution in [2.75, 3.05) is 0 Å². The predicted octanol–water partition coefficient (Wildman–Crippen LogP) is 4.85. The summed E-state index contributed by atoms with van der Waals surface area (Å²) in [4.78, 5) is 13.0. The molecule has 4 rings (SSSR count). The molecule has 4 fully saturated rings. The molecule has 13 atom stereocenters. The molecule has 1 aliphatic heterocycles. The van der Waals surface area contributed by atoms with Crippen LogP contribution in [0.15, 0.2) is 0 Å². The van der Waals surface area contributed by atoms with Crippen molar-refractivity contribution in [2.45, 2.75) is 142 Å². The van der Waals surface area contributed by atoms with Crippen LogP contribution in [-0.4, -0.2) is 56.9 Å². The normalized spacial score (nSPS) is 45.0. The third kappa shape index (κ3) is 5.38. The van der Waals surface area contributed by atoms with Gasteiger partial charge in [-0.05, 0) is 79.4 Å². The SMILES string of the molecule is CCCCCC[C@H](C)[C@@H](O)[C@H](O)[C@@H](C)[C@H]1CCC2C3CC(=O)OC4C[C@H](O)[C@H](O)C[C@]4(C)C3CC[C@@]21C. The van der Waals surface area contributed by atoms with Crippen LogP contribution < -0.4 is 0 Å². The number of carbonyl (C=O) groups is 1. The third-order valence-electron chi connectivity index (χ3n) is 11.9. The van der Waals surface area contributed by atoms with Crippen LogP contribution >= 0.6 is 0 Å². The molecule has 0 amide bonds. The summed E-state index contributed by atoms with van der Waals surface area (Å²) in [6, 6.07) is 0. The van der Waals surface area contributed by atoms with Crippen molar-refractivity contribution in [1.82, 2.24) is 0 Å². The molecule has 3 aliphatic carbocycles. The summed E-state index contributed by atoms with van der Waals surface area (Å²) in [5.74, 6) is 1.04. The molecule has 6 heteroatoms. The van der Waals surface area contributed by atoms with Crippen LogP contribution in [-0.2, 0) is 9.53 Å². The molecule has 0 spiro atoms. The maximum absolute atomic E-state index is 13.0. The van der Waals surface area contributed by atoms with Crippen LogP contribution in [0.3, 0.4) is 0 Å². The van der Waals surface area contributed by atoms with Crippen LogP contribution in [0.25, 0.3) is 0 Å². The van der Waals surface area contributed by atoms with E-state index in [-0.39, 0.29) is 46.6 Å². The minimum Gasteiger partial charge on any atom is -0.462 e. The van der Waals surface area contributed by atoms with Crippen LogP contribution in [0.2, 0.25) is 0 Å². The standard InChI is InChI=1S/C31H54O6/c1-6-7-8-9-10-18(2)28(35)29(36)19(3)21-11-12-22-20-15-27(34)37-26-16-24(32)25(33)17-31(26,5)23(20)13-14-30(21,22)4/h18-26,28-29,32-33,35-36H,6-17H2,1-5H3/t18-,19-,20?,21+,22?,23?,24-,25+,26?,28+,29+,30+,31+/m0/s1. The molecular formula is C31H54O6. The Morgan fingerprint density at radius 3 is 2.35 bits per heavy atom. The number of unbranched alkanes of at least 4 members (excludes halogenated alkanes) is 3. The summed E-state index contributed by atoms with van der Waals surface area (Å²) in [6.07, 6.45) is 7.47. The summed E-state index contributed by atoms with van der Waals surface area (Å²) in [6.45, 7) is 10.9. The van der Waals surface area contributed by atoms with E-state index < -0.39 is 24.4 Å². The first-order valence-corrected chi connectivity index (χ1v) is 15.4. The first kappa shape index (κ1) is 29.3. The third-order valence-corrected chi connectivity index (χ3v) is 11.9. The molecule has 0 aromatic heterocycles. The maximum atomic E-state index is 13.0. The van der Waals surface area contributed by atoms with E-state index in [1.807, 2.05) is 0 Å². The number of aliphatic hydroxyl groups excluding tert-OH is 4. The summed E-state index contributed by atoms with van der Waals surface area (Å²) < 4.78 is 5.94. The van der Waals surface area contributed by atoms with Gasteiger partial charge in [0.25, 0.3) is 0 Å². The maximum Gasteiger partial charge on any atom is 0.306 e. The highest BCUT2D eigenvalue weighted by Crippen LogP contribution is 2.66. The van der Waals surface area contributed by atoms with E-state index in [9.17, 15) is 25.2 Å². The second kappa shape index (κ2) is 11.4. The van der Waals surface area contributed by atoms with Crippen LogP contribution in [0.5, 0.6) is 0 Å². The van der Waals surface area contributed by atoms with Crippen molar-refractivity contribution in [3.05, 3.63) is 0 Å². The molecule has 0 aromatic rings. The second-order valence-electron chi connectivity index (χ2n) is 14.0. The van der Waals surface area contributed by atoms with Crippen LogP contribution in [0.4, 0.5) is 0 Å². The van der Waals surface area contributed by atoms with E-state index in [2.05, 4.69) is 34.6 Å². The van der Waals surface area contributed by atoms with E-state index in [1.54, 1.807) is 0 Å². The Bertz CT molecular complexity index is 788. The van der Waals surface area contributed by atoms with Crippen LogP contribution in [0.1, 0.15) is 112 Å². The zero-order chi connectivity index (χ0) is 27.1. The molecule has 4 unspecified atom stereocenters. The molecule has 1 heterocycles. The number of ether oxygens (including phenoxy) is 1. The van der Waals surface area contributed by atoms with Gasteiger partial charge in [0.2, 0.25) is 0 Å². The van der Waals surface area contributed by atoms with Gasteiger partial charge in [0, 0.05) is 18.3 Å². The minimum atomic E-state index is -0.838. The van der Waals surface area contributed by atoms with Crippen molar-refractivity contribution in [3.63, 3.8) is 0 Å². The van der Waals surface area contributed by atoms with E-state index in [0.717, 1.165) is 38.5 Å². The van der Waals surface area contributed by atoms with Gasteiger partial charge in [-0.2, -0.15) is 0 Å². The molecule has 1 saturated heterocycles. The Morgan fingerprint density at radius 2 is 1.65 bits per heavy atom. The monoisotopic (exact) mass is 522 g/mol. The highest BCUT2D eigenvalue weighted by molar-refractivity contribution is 5.70. The number of esters is 1.